The Hall–Kier alpha value is -0.541. The standard InChI is InChI=1S/C12H20O4.Ir/c1-5-7(2)11(15)9(4)12(16)8(3)6-10(13)14;/h7-9H,5-6H2,1-4H3,(H,13,14);. The molecule has 3 atom stereocenters. The predicted molar refractivity (Wildman–Crippen MR) is 60.0 cm³/mol. The fourth-order valence-electron chi connectivity index (χ4n) is 1.56. The van der Waals surface area contributed by atoms with Crippen LogP contribution >= 0.6 is 0 Å². The molecule has 0 fully saturated rings. The van der Waals surface area contributed by atoms with Crippen molar-refractivity contribution in [3.8, 4) is 0 Å². The third-order valence-electron chi connectivity index (χ3n) is 2.92. The molecule has 1 radical (unpaired) electrons. The van der Waals surface area contributed by atoms with E-state index < -0.39 is 17.8 Å². The predicted octanol–water partition coefficient (Wildman–Crippen LogP) is 1.92. The average molecular weight is 421 g/mol. The summed E-state index contributed by atoms with van der Waals surface area (Å²) in [7, 11) is 0. The summed E-state index contributed by atoms with van der Waals surface area (Å²) in [5.41, 5.74) is 0. The number of aliphatic carboxylic acids is 1. The molecular weight excluding hydrogens is 400 g/mol. The second-order valence-corrected chi connectivity index (χ2v) is 4.33. The van der Waals surface area contributed by atoms with Crippen molar-refractivity contribution in [2.75, 3.05) is 0 Å². The van der Waals surface area contributed by atoms with Crippen molar-refractivity contribution in [1.29, 1.82) is 0 Å². The van der Waals surface area contributed by atoms with E-state index in [4.69, 9.17) is 5.11 Å². The molecule has 17 heavy (non-hydrogen) atoms. The molecule has 0 rings (SSSR count). The molecule has 3 unspecified atom stereocenters. The maximum atomic E-state index is 11.8. The first kappa shape index (κ1) is 18.8. The van der Waals surface area contributed by atoms with E-state index in [0.29, 0.717) is 6.42 Å². The van der Waals surface area contributed by atoms with Gasteiger partial charge >= 0.3 is 5.97 Å². The van der Waals surface area contributed by atoms with Gasteiger partial charge in [0, 0.05) is 31.9 Å². The molecule has 0 aliphatic carbocycles. The third kappa shape index (κ3) is 6.08. The maximum absolute atomic E-state index is 11.8. The molecule has 5 heteroatoms. The zero-order valence-electron chi connectivity index (χ0n) is 10.7. The van der Waals surface area contributed by atoms with Crippen LogP contribution in [0.2, 0.25) is 0 Å². The molecular formula is C12H20IrO4. The molecule has 0 aliphatic rings. The Morgan fingerprint density at radius 3 is 1.76 bits per heavy atom. The summed E-state index contributed by atoms with van der Waals surface area (Å²) in [5, 5.41) is 8.57. The van der Waals surface area contributed by atoms with Gasteiger partial charge in [-0.05, 0) is 13.3 Å². The molecule has 1 N–H and O–H groups in total. The molecule has 0 saturated heterocycles. The van der Waals surface area contributed by atoms with Crippen LogP contribution < -0.4 is 0 Å². The summed E-state index contributed by atoms with van der Waals surface area (Å²) in [6, 6.07) is 0. The zero-order chi connectivity index (χ0) is 12.9. The van der Waals surface area contributed by atoms with Gasteiger partial charge in [0.25, 0.3) is 0 Å². The van der Waals surface area contributed by atoms with Crippen molar-refractivity contribution in [3.63, 3.8) is 0 Å². The number of carboxylic acid groups (broad SMARTS) is 1. The van der Waals surface area contributed by atoms with Crippen LogP contribution in [0.3, 0.4) is 0 Å². The maximum Gasteiger partial charge on any atom is 0.304 e. The normalized spacial score (nSPS) is 15.3. The van der Waals surface area contributed by atoms with Gasteiger partial charge in [-0.2, -0.15) is 0 Å². The Morgan fingerprint density at radius 1 is 1.00 bits per heavy atom. The Kier molecular flexibility index (Phi) is 9.45. The van der Waals surface area contributed by atoms with Gasteiger partial charge in [0.2, 0.25) is 0 Å². The summed E-state index contributed by atoms with van der Waals surface area (Å²) in [4.78, 5) is 34.0. The van der Waals surface area contributed by atoms with Crippen LogP contribution in [0.4, 0.5) is 0 Å². The Morgan fingerprint density at radius 2 is 1.41 bits per heavy atom. The monoisotopic (exact) mass is 421 g/mol. The van der Waals surface area contributed by atoms with E-state index in [-0.39, 0.29) is 44.0 Å². The minimum Gasteiger partial charge on any atom is -0.481 e. The largest absolute Gasteiger partial charge is 0.481 e. The van der Waals surface area contributed by atoms with Crippen molar-refractivity contribution in [2.45, 2.75) is 40.5 Å². The van der Waals surface area contributed by atoms with Gasteiger partial charge in [-0.3, -0.25) is 14.4 Å². The van der Waals surface area contributed by atoms with Crippen LogP contribution in [0.1, 0.15) is 40.5 Å². The minimum atomic E-state index is -1.01. The molecule has 0 aliphatic heterocycles. The Bertz CT molecular complexity index is 288. The molecule has 0 spiro atoms. The number of hydrogen-bond donors (Lipinski definition) is 1. The summed E-state index contributed by atoms with van der Waals surface area (Å²) in [6.45, 7) is 6.79. The molecule has 0 bridgehead atoms. The molecule has 0 aromatic heterocycles. The molecule has 0 amide bonds. The van der Waals surface area contributed by atoms with Crippen LogP contribution in [0.5, 0.6) is 0 Å². The quantitative estimate of drug-likeness (QED) is 0.639. The first-order valence-corrected chi connectivity index (χ1v) is 5.60. The number of ketones is 2. The number of carboxylic acids is 1. The van der Waals surface area contributed by atoms with Crippen LogP contribution in [0.25, 0.3) is 0 Å². The van der Waals surface area contributed by atoms with Crippen molar-refractivity contribution in [2.24, 2.45) is 17.8 Å². The molecule has 0 aromatic carbocycles. The summed E-state index contributed by atoms with van der Waals surface area (Å²) in [6.07, 6.45) is 0.487. The number of rotatable bonds is 7. The topological polar surface area (TPSA) is 71.4 Å². The van der Waals surface area contributed by atoms with Crippen molar-refractivity contribution in [3.05, 3.63) is 0 Å². The Labute approximate surface area is 116 Å². The first-order valence-electron chi connectivity index (χ1n) is 5.60. The van der Waals surface area contributed by atoms with E-state index >= 15 is 0 Å². The van der Waals surface area contributed by atoms with Gasteiger partial charge in [0.15, 0.2) is 0 Å². The molecule has 0 aromatic rings. The molecule has 101 valence electrons. The van der Waals surface area contributed by atoms with Gasteiger partial charge in [0.05, 0.1) is 12.3 Å². The smallest absolute Gasteiger partial charge is 0.304 e. The fourth-order valence-corrected chi connectivity index (χ4v) is 1.56. The number of hydrogen-bond acceptors (Lipinski definition) is 3. The van der Waals surface area contributed by atoms with E-state index in [1.165, 1.54) is 0 Å². The SMILES string of the molecule is CCC(C)C(=O)C(C)C(=O)C(C)CC(=O)O.[Ir]. The summed E-state index contributed by atoms with van der Waals surface area (Å²) in [5.74, 6) is -2.80. The van der Waals surface area contributed by atoms with Crippen LogP contribution in [-0.2, 0) is 34.5 Å². The fraction of sp³-hybridized carbons (Fsp3) is 0.750. The van der Waals surface area contributed by atoms with E-state index in [1.54, 1.807) is 20.8 Å². The van der Waals surface area contributed by atoms with Gasteiger partial charge < -0.3 is 5.11 Å². The average Bonchev–Trinajstić information content (AvgIpc) is 2.23. The van der Waals surface area contributed by atoms with E-state index in [0.717, 1.165) is 0 Å². The first-order chi connectivity index (χ1) is 7.31. The third-order valence-corrected chi connectivity index (χ3v) is 2.92. The number of carbonyl (C=O) groups excluding carboxylic acids is 2. The van der Waals surface area contributed by atoms with Gasteiger partial charge in [-0.15, -0.1) is 0 Å². The molecule has 0 heterocycles. The van der Waals surface area contributed by atoms with E-state index in [9.17, 15) is 14.4 Å². The number of carbonyl (C=O) groups is 3. The van der Waals surface area contributed by atoms with Crippen molar-refractivity contribution in [1.82, 2.24) is 0 Å². The van der Waals surface area contributed by atoms with Crippen molar-refractivity contribution >= 4 is 17.5 Å². The van der Waals surface area contributed by atoms with Crippen molar-refractivity contribution < 1.29 is 39.6 Å². The van der Waals surface area contributed by atoms with E-state index in [2.05, 4.69) is 0 Å². The Balaban J connectivity index is 0. The minimum absolute atomic E-state index is 0. The van der Waals surface area contributed by atoms with Gasteiger partial charge in [-0.1, -0.05) is 20.8 Å². The second kappa shape index (κ2) is 8.54. The summed E-state index contributed by atoms with van der Waals surface area (Å²) >= 11 is 0. The zero-order valence-corrected chi connectivity index (χ0v) is 13.0. The van der Waals surface area contributed by atoms with Crippen LogP contribution in [0.15, 0.2) is 0 Å². The molecule has 4 nitrogen and oxygen atoms in total. The van der Waals surface area contributed by atoms with Gasteiger partial charge in [-0.25, -0.2) is 0 Å². The second-order valence-electron chi connectivity index (χ2n) is 4.33. The number of Topliss-reactive ketones (excluding diaryl/α,β-unsaturated/α-hetero) is 2. The van der Waals surface area contributed by atoms with Crippen LogP contribution in [-0.4, -0.2) is 22.6 Å². The molecule has 0 saturated carbocycles. The van der Waals surface area contributed by atoms with Gasteiger partial charge in [0.1, 0.15) is 11.6 Å². The van der Waals surface area contributed by atoms with Crippen LogP contribution in [0, 0.1) is 17.8 Å². The summed E-state index contributed by atoms with van der Waals surface area (Å²) < 4.78 is 0. The van der Waals surface area contributed by atoms with E-state index in [1.807, 2.05) is 6.92 Å².